The highest BCUT2D eigenvalue weighted by atomic mass is 79.9. The largest absolute Gasteiger partial charge is 0.490 e. The molecule has 1 N–H and O–H groups in total. The predicted molar refractivity (Wildman–Crippen MR) is 86.9 cm³/mol. The quantitative estimate of drug-likeness (QED) is 0.742. The van der Waals surface area contributed by atoms with Crippen LogP contribution in [0.3, 0.4) is 0 Å². The first-order valence-corrected chi connectivity index (χ1v) is 7.95. The molecule has 0 fully saturated rings. The molecule has 2 aromatic heterocycles. The minimum Gasteiger partial charge on any atom is -0.490 e. The van der Waals surface area contributed by atoms with E-state index in [1.54, 1.807) is 10.7 Å². The van der Waals surface area contributed by atoms with E-state index in [4.69, 9.17) is 4.74 Å². The lowest BCUT2D eigenvalue weighted by molar-refractivity contribution is 0.260. The van der Waals surface area contributed by atoms with Crippen LogP contribution in [-0.4, -0.2) is 26.4 Å². The molecule has 4 rings (SSSR count). The van der Waals surface area contributed by atoms with Gasteiger partial charge in [0.15, 0.2) is 17.2 Å². The number of anilines is 1. The lowest BCUT2D eigenvalue weighted by Gasteiger charge is -2.27. The summed E-state index contributed by atoms with van der Waals surface area (Å²) in [5, 5.41) is 8.49. The van der Waals surface area contributed by atoms with Crippen molar-refractivity contribution in [2.24, 2.45) is 7.05 Å². The number of ether oxygens (including phenoxy) is 1. The van der Waals surface area contributed by atoms with E-state index in [9.17, 15) is 4.39 Å². The van der Waals surface area contributed by atoms with Crippen LogP contribution >= 0.6 is 15.9 Å². The third kappa shape index (κ3) is 2.33. The normalized spacial score (nSPS) is 16.9. The molecule has 0 saturated heterocycles. The van der Waals surface area contributed by atoms with Crippen LogP contribution in [0.2, 0.25) is 0 Å². The fraction of sp³-hybridized carbons (Fsp3) is 0.267. The van der Waals surface area contributed by atoms with Gasteiger partial charge < -0.3 is 10.1 Å². The first kappa shape index (κ1) is 14.4. The topological polar surface area (TPSA) is 64.9 Å². The van der Waals surface area contributed by atoms with Gasteiger partial charge in [0.1, 0.15) is 16.7 Å². The van der Waals surface area contributed by atoms with Crippen LogP contribution in [0.25, 0.3) is 11.0 Å². The standard InChI is InChI=1S/C15H13BrFN5O/c1-22-15-11(13(16)21-22)14(18-7-19-15)20-10-5-6-23-12-8(10)3-2-4-9(12)17/h2-4,7,10H,5-6H2,1H3,(H,18,19,20)/t10-/m0/s1. The fourth-order valence-electron chi connectivity index (χ4n) is 2.85. The maximum atomic E-state index is 13.9. The van der Waals surface area contributed by atoms with Crippen LogP contribution in [0.5, 0.6) is 5.75 Å². The first-order valence-electron chi connectivity index (χ1n) is 7.16. The fourth-order valence-corrected chi connectivity index (χ4v) is 3.45. The molecule has 0 amide bonds. The highest BCUT2D eigenvalue weighted by molar-refractivity contribution is 9.10. The molecule has 3 heterocycles. The number of fused-ring (bicyclic) bond motifs is 2. The van der Waals surface area contributed by atoms with Crippen molar-refractivity contribution < 1.29 is 9.13 Å². The molecule has 1 aliphatic heterocycles. The number of aromatic nitrogens is 4. The molecule has 6 nitrogen and oxygen atoms in total. The minimum atomic E-state index is -0.343. The van der Waals surface area contributed by atoms with Gasteiger partial charge in [0.25, 0.3) is 0 Å². The summed E-state index contributed by atoms with van der Waals surface area (Å²) in [5.41, 5.74) is 1.52. The number of para-hydroxylation sites is 1. The van der Waals surface area contributed by atoms with Crippen molar-refractivity contribution in [2.75, 3.05) is 11.9 Å². The summed E-state index contributed by atoms with van der Waals surface area (Å²) in [6.07, 6.45) is 2.21. The van der Waals surface area contributed by atoms with Crippen molar-refractivity contribution in [3.05, 3.63) is 40.5 Å². The summed E-state index contributed by atoms with van der Waals surface area (Å²) in [5.74, 6) is 0.633. The van der Waals surface area contributed by atoms with Gasteiger partial charge in [-0.3, -0.25) is 0 Å². The van der Waals surface area contributed by atoms with Crippen molar-refractivity contribution >= 4 is 32.8 Å². The Bertz CT molecular complexity index is 897. The second-order valence-corrected chi connectivity index (χ2v) is 6.08. The van der Waals surface area contributed by atoms with Gasteiger partial charge in [-0.2, -0.15) is 5.10 Å². The Morgan fingerprint density at radius 2 is 2.26 bits per heavy atom. The molecule has 3 aromatic rings. The van der Waals surface area contributed by atoms with E-state index in [0.717, 1.165) is 23.0 Å². The number of aryl methyl sites for hydroxylation is 1. The molecule has 118 valence electrons. The molecule has 0 unspecified atom stereocenters. The van der Waals surface area contributed by atoms with Crippen molar-refractivity contribution in [1.82, 2.24) is 19.7 Å². The van der Waals surface area contributed by atoms with E-state index in [0.29, 0.717) is 22.8 Å². The van der Waals surface area contributed by atoms with E-state index >= 15 is 0 Å². The molecule has 0 radical (unpaired) electrons. The number of hydrogen-bond acceptors (Lipinski definition) is 5. The molecule has 0 saturated carbocycles. The SMILES string of the molecule is Cn1nc(Br)c2c(N[C@H]3CCOc4c(F)cccc43)ncnc21. The van der Waals surface area contributed by atoms with E-state index in [2.05, 4.69) is 36.3 Å². The van der Waals surface area contributed by atoms with E-state index in [1.807, 2.05) is 13.1 Å². The molecule has 0 aliphatic carbocycles. The van der Waals surface area contributed by atoms with Gasteiger partial charge in [-0.1, -0.05) is 12.1 Å². The summed E-state index contributed by atoms with van der Waals surface area (Å²) in [7, 11) is 1.82. The Morgan fingerprint density at radius 3 is 3.13 bits per heavy atom. The van der Waals surface area contributed by atoms with Gasteiger partial charge in [0, 0.05) is 19.0 Å². The summed E-state index contributed by atoms with van der Waals surface area (Å²) < 4.78 is 21.7. The second kappa shape index (κ2) is 5.45. The zero-order valence-electron chi connectivity index (χ0n) is 12.3. The van der Waals surface area contributed by atoms with E-state index < -0.39 is 0 Å². The van der Waals surface area contributed by atoms with Crippen molar-refractivity contribution in [3.8, 4) is 5.75 Å². The number of nitrogens with zero attached hydrogens (tertiary/aromatic N) is 4. The van der Waals surface area contributed by atoms with Crippen LogP contribution in [0, 0.1) is 5.82 Å². The Labute approximate surface area is 139 Å². The number of hydrogen-bond donors (Lipinski definition) is 1. The Kier molecular flexibility index (Phi) is 3.41. The lowest BCUT2D eigenvalue weighted by atomic mass is 10.00. The summed E-state index contributed by atoms with van der Waals surface area (Å²) in [6.45, 7) is 0.452. The summed E-state index contributed by atoms with van der Waals surface area (Å²) in [6, 6.07) is 4.88. The lowest BCUT2D eigenvalue weighted by Crippen LogP contribution is -2.21. The van der Waals surface area contributed by atoms with Gasteiger partial charge in [0.05, 0.1) is 18.0 Å². The Balaban J connectivity index is 1.77. The second-order valence-electron chi connectivity index (χ2n) is 5.33. The molecular weight excluding hydrogens is 365 g/mol. The molecule has 8 heteroatoms. The monoisotopic (exact) mass is 377 g/mol. The predicted octanol–water partition coefficient (Wildman–Crippen LogP) is 3.20. The van der Waals surface area contributed by atoms with Crippen molar-refractivity contribution in [1.29, 1.82) is 0 Å². The average molecular weight is 378 g/mol. The summed E-state index contributed by atoms with van der Waals surface area (Å²) >= 11 is 3.44. The van der Waals surface area contributed by atoms with Crippen LogP contribution in [-0.2, 0) is 7.05 Å². The first-order chi connectivity index (χ1) is 11.1. The molecule has 23 heavy (non-hydrogen) atoms. The van der Waals surface area contributed by atoms with E-state index in [1.165, 1.54) is 12.4 Å². The average Bonchev–Trinajstić information content (AvgIpc) is 2.84. The number of benzene rings is 1. The minimum absolute atomic E-state index is 0.0837. The van der Waals surface area contributed by atoms with Gasteiger partial charge in [-0.25, -0.2) is 19.0 Å². The molecular formula is C15H13BrFN5O. The Morgan fingerprint density at radius 1 is 1.39 bits per heavy atom. The number of rotatable bonds is 2. The highest BCUT2D eigenvalue weighted by Crippen LogP contribution is 2.37. The Hall–Kier alpha value is -2.22. The van der Waals surface area contributed by atoms with Crippen LogP contribution in [0.1, 0.15) is 18.0 Å². The van der Waals surface area contributed by atoms with Crippen LogP contribution < -0.4 is 10.1 Å². The zero-order valence-corrected chi connectivity index (χ0v) is 13.8. The van der Waals surface area contributed by atoms with Crippen LogP contribution in [0.15, 0.2) is 29.1 Å². The van der Waals surface area contributed by atoms with Gasteiger partial charge >= 0.3 is 0 Å². The van der Waals surface area contributed by atoms with Crippen molar-refractivity contribution in [2.45, 2.75) is 12.5 Å². The van der Waals surface area contributed by atoms with Crippen molar-refractivity contribution in [3.63, 3.8) is 0 Å². The highest BCUT2D eigenvalue weighted by Gasteiger charge is 2.25. The molecule has 0 spiro atoms. The smallest absolute Gasteiger partial charge is 0.165 e. The number of halogens is 2. The van der Waals surface area contributed by atoms with E-state index in [-0.39, 0.29) is 11.9 Å². The maximum absolute atomic E-state index is 13.9. The molecule has 1 aliphatic rings. The number of nitrogens with one attached hydrogen (secondary N) is 1. The molecule has 0 bridgehead atoms. The molecule has 1 atom stereocenters. The van der Waals surface area contributed by atoms with Gasteiger partial charge in [-0.15, -0.1) is 0 Å². The van der Waals surface area contributed by atoms with Gasteiger partial charge in [-0.05, 0) is 22.0 Å². The molecule has 1 aromatic carbocycles. The maximum Gasteiger partial charge on any atom is 0.165 e. The van der Waals surface area contributed by atoms with Crippen LogP contribution in [0.4, 0.5) is 10.2 Å². The third-order valence-electron chi connectivity index (χ3n) is 3.91. The zero-order chi connectivity index (χ0) is 16.0. The third-order valence-corrected chi connectivity index (χ3v) is 4.47. The summed E-state index contributed by atoms with van der Waals surface area (Å²) in [4.78, 5) is 8.58. The van der Waals surface area contributed by atoms with Gasteiger partial charge in [0.2, 0.25) is 0 Å².